The molecule has 0 unspecified atom stereocenters. The van der Waals surface area contributed by atoms with Crippen LogP contribution in [0.5, 0.6) is 0 Å². The molecule has 2 fully saturated rings. The minimum Gasteiger partial charge on any atom is -0.480 e. The lowest BCUT2D eigenvalue weighted by Crippen LogP contribution is -2.45. The molecule has 0 bridgehead atoms. The zero-order chi connectivity index (χ0) is 13.8. The third kappa shape index (κ3) is 3.45. The first kappa shape index (κ1) is 14.3. The third-order valence-electron chi connectivity index (χ3n) is 3.72. The van der Waals surface area contributed by atoms with E-state index in [-0.39, 0.29) is 12.0 Å². The zero-order valence-electron chi connectivity index (χ0n) is 11.2. The molecule has 0 radical (unpaired) electrons. The van der Waals surface area contributed by atoms with Crippen molar-refractivity contribution in [2.24, 2.45) is 0 Å². The van der Waals surface area contributed by atoms with Crippen LogP contribution in [-0.2, 0) is 19.1 Å². The fraction of sp³-hybridized carbons (Fsp3) is 0.846. The van der Waals surface area contributed by atoms with E-state index in [0.717, 1.165) is 25.9 Å². The van der Waals surface area contributed by atoms with E-state index in [4.69, 9.17) is 14.6 Å². The molecule has 19 heavy (non-hydrogen) atoms. The van der Waals surface area contributed by atoms with Crippen LogP contribution in [0.2, 0.25) is 0 Å². The van der Waals surface area contributed by atoms with Crippen molar-refractivity contribution in [3.05, 3.63) is 0 Å². The monoisotopic (exact) mass is 271 g/mol. The number of carboxylic acid groups (broad SMARTS) is 1. The van der Waals surface area contributed by atoms with Crippen LogP contribution in [0.25, 0.3) is 0 Å². The molecule has 1 amide bonds. The van der Waals surface area contributed by atoms with Crippen molar-refractivity contribution in [2.45, 2.75) is 50.9 Å². The summed E-state index contributed by atoms with van der Waals surface area (Å²) in [5.74, 6) is -1.17. The Balaban J connectivity index is 1.82. The Labute approximate surface area is 112 Å². The van der Waals surface area contributed by atoms with E-state index in [0.29, 0.717) is 19.6 Å². The van der Waals surface area contributed by atoms with Gasteiger partial charge < -0.3 is 19.5 Å². The number of amides is 1. The molecule has 2 aliphatic heterocycles. The number of carbonyl (C=O) groups is 2. The van der Waals surface area contributed by atoms with E-state index < -0.39 is 18.1 Å². The normalized spacial score (nSPS) is 28.6. The van der Waals surface area contributed by atoms with Gasteiger partial charge in [0.05, 0.1) is 12.7 Å². The van der Waals surface area contributed by atoms with Gasteiger partial charge in [0.25, 0.3) is 5.91 Å². The maximum atomic E-state index is 12.2. The molecule has 0 aromatic heterocycles. The molecule has 2 rings (SSSR count). The molecule has 0 spiro atoms. The molecule has 3 atom stereocenters. The van der Waals surface area contributed by atoms with Gasteiger partial charge in [-0.05, 0) is 32.6 Å². The summed E-state index contributed by atoms with van der Waals surface area (Å²) in [4.78, 5) is 24.6. The highest BCUT2D eigenvalue weighted by molar-refractivity contribution is 5.86. The van der Waals surface area contributed by atoms with Gasteiger partial charge in [-0.1, -0.05) is 0 Å². The van der Waals surface area contributed by atoms with Crippen LogP contribution in [0, 0.1) is 0 Å². The molecule has 0 aromatic rings. The minimum absolute atomic E-state index is 0.0732. The highest BCUT2D eigenvalue weighted by Gasteiger charge is 2.36. The fourth-order valence-electron chi connectivity index (χ4n) is 2.62. The quantitative estimate of drug-likeness (QED) is 0.794. The number of carbonyl (C=O) groups excluding carboxylic acids is 1. The van der Waals surface area contributed by atoms with Crippen molar-refractivity contribution < 1.29 is 24.2 Å². The second kappa shape index (κ2) is 6.34. The number of aliphatic carboxylic acids is 1. The average Bonchev–Trinajstić information content (AvgIpc) is 3.05. The first-order valence-corrected chi connectivity index (χ1v) is 6.86. The molecule has 2 heterocycles. The van der Waals surface area contributed by atoms with Gasteiger partial charge in [-0.15, -0.1) is 0 Å². The molecule has 1 N–H and O–H groups in total. The van der Waals surface area contributed by atoms with Crippen LogP contribution in [0.1, 0.15) is 32.6 Å². The van der Waals surface area contributed by atoms with Crippen LogP contribution >= 0.6 is 0 Å². The Bertz CT molecular complexity index is 340. The maximum absolute atomic E-state index is 12.2. The summed E-state index contributed by atoms with van der Waals surface area (Å²) >= 11 is 0. The number of hydrogen-bond acceptors (Lipinski definition) is 4. The number of hydrogen-bond donors (Lipinski definition) is 1. The highest BCUT2D eigenvalue weighted by atomic mass is 16.5. The first-order chi connectivity index (χ1) is 9.09. The summed E-state index contributed by atoms with van der Waals surface area (Å²) in [6.07, 6.45) is 2.72. The minimum atomic E-state index is -0.933. The highest BCUT2D eigenvalue weighted by Crippen LogP contribution is 2.20. The zero-order valence-corrected chi connectivity index (χ0v) is 11.2. The van der Waals surface area contributed by atoms with Crippen LogP contribution in [0.3, 0.4) is 0 Å². The van der Waals surface area contributed by atoms with Gasteiger partial charge in [-0.25, -0.2) is 4.79 Å². The lowest BCUT2D eigenvalue weighted by molar-refractivity contribution is -0.154. The molecule has 0 aliphatic carbocycles. The van der Waals surface area contributed by atoms with Crippen molar-refractivity contribution in [3.63, 3.8) is 0 Å². The predicted octanol–water partition coefficient (Wildman–Crippen LogP) is 0.646. The molecule has 6 heteroatoms. The number of rotatable bonds is 5. The van der Waals surface area contributed by atoms with Gasteiger partial charge in [0, 0.05) is 13.2 Å². The van der Waals surface area contributed by atoms with E-state index in [1.54, 1.807) is 6.92 Å². The van der Waals surface area contributed by atoms with Crippen molar-refractivity contribution in [1.29, 1.82) is 0 Å². The van der Waals surface area contributed by atoms with Crippen molar-refractivity contribution in [2.75, 3.05) is 19.8 Å². The largest absolute Gasteiger partial charge is 0.480 e. The van der Waals surface area contributed by atoms with Crippen LogP contribution in [0.15, 0.2) is 0 Å². The van der Waals surface area contributed by atoms with Gasteiger partial charge in [-0.3, -0.25) is 4.79 Å². The van der Waals surface area contributed by atoms with Crippen LogP contribution in [0.4, 0.5) is 0 Å². The molecule has 6 nitrogen and oxygen atoms in total. The number of carboxylic acids is 1. The summed E-state index contributed by atoms with van der Waals surface area (Å²) < 4.78 is 10.9. The molecule has 0 saturated carbocycles. The smallest absolute Gasteiger partial charge is 0.326 e. The Morgan fingerprint density at radius 2 is 2.21 bits per heavy atom. The maximum Gasteiger partial charge on any atom is 0.326 e. The van der Waals surface area contributed by atoms with Crippen molar-refractivity contribution in [1.82, 2.24) is 4.90 Å². The second-order valence-corrected chi connectivity index (χ2v) is 5.14. The molecule has 2 saturated heterocycles. The van der Waals surface area contributed by atoms with Gasteiger partial charge in [0.15, 0.2) is 0 Å². The van der Waals surface area contributed by atoms with Crippen molar-refractivity contribution in [3.8, 4) is 0 Å². The summed E-state index contributed by atoms with van der Waals surface area (Å²) in [7, 11) is 0. The van der Waals surface area contributed by atoms with E-state index in [2.05, 4.69) is 0 Å². The standard InChI is InChI=1S/C13H21NO5/c1-9(19-8-10-4-3-7-18-10)12(15)14-6-2-5-11(14)13(16)17/h9-11H,2-8H2,1H3,(H,16,17)/t9-,10+,11-/m1/s1. The van der Waals surface area contributed by atoms with Crippen molar-refractivity contribution >= 4 is 11.9 Å². The van der Waals surface area contributed by atoms with Gasteiger partial charge in [0.2, 0.25) is 0 Å². The molecule has 0 aromatic carbocycles. The average molecular weight is 271 g/mol. The molecular formula is C13H21NO5. The van der Waals surface area contributed by atoms with Gasteiger partial charge in [-0.2, -0.15) is 0 Å². The number of likely N-dealkylation sites (tertiary alicyclic amines) is 1. The Morgan fingerprint density at radius 1 is 1.42 bits per heavy atom. The SMILES string of the molecule is C[C@@H](OC[C@@H]1CCCO1)C(=O)N1CCC[C@@H]1C(=O)O. The second-order valence-electron chi connectivity index (χ2n) is 5.14. The van der Waals surface area contributed by atoms with Gasteiger partial charge in [0.1, 0.15) is 12.1 Å². The summed E-state index contributed by atoms with van der Waals surface area (Å²) in [6, 6.07) is -0.693. The summed E-state index contributed by atoms with van der Waals surface area (Å²) in [5.41, 5.74) is 0. The molecule has 108 valence electrons. The van der Waals surface area contributed by atoms with E-state index in [1.807, 2.05) is 0 Å². The number of ether oxygens (including phenoxy) is 2. The lowest BCUT2D eigenvalue weighted by Gasteiger charge is -2.25. The molecule has 2 aliphatic rings. The summed E-state index contributed by atoms with van der Waals surface area (Å²) in [5, 5.41) is 9.06. The van der Waals surface area contributed by atoms with E-state index >= 15 is 0 Å². The Hall–Kier alpha value is -1.14. The topological polar surface area (TPSA) is 76.1 Å². The van der Waals surface area contributed by atoms with Crippen LogP contribution in [-0.4, -0.2) is 59.9 Å². The number of nitrogens with zero attached hydrogens (tertiary/aromatic N) is 1. The fourth-order valence-corrected chi connectivity index (χ4v) is 2.62. The lowest BCUT2D eigenvalue weighted by atomic mass is 10.2. The third-order valence-corrected chi connectivity index (χ3v) is 3.72. The first-order valence-electron chi connectivity index (χ1n) is 6.86. The summed E-state index contributed by atoms with van der Waals surface area (Å²) in [6.45, 7) is 3.33. The van der Waals surface area contributed by atoms with Gasteiger partial charge >= 0.3 is 5.97 Å². The molecular weight excluding hydrogens is 250 g/mol. The predicted molar refractivity (Wildman–Crippen MR) is 66.8 cm³/mol. The van der Waals surface area contributed by atoms with E-state index in [9.17, 15) is 9.59 Å². The Kier molecular flexibility index (Phi) is 4.76. The van der Waals surface area contributed by atoms with Crippen LogP contribution < -0.4 is 0 Å². The van der Waals surface area contributed by atoms with E-state index in [1.165, 1.54) is 4.90 Å². The Morgan fingerprint density at radius 3 is 2.84 bits per heavy atom.